The summed E-state index contributed by atoms with van der Waals surface area (Å²) in [6.45, 7) is -0.646. The van der Waals surface area contributed by atoms with Crippen LogP contribution in [0.4, 0.5) is 5.69 Å². The van der Waals surface area contributed by atoms with Crippen LogP contribution in [-0.2, 0) is 9.59 Å². The molecule has 0 amide bonds. The second-order valence-corrected chi connectivity index (χ2v) is 2.98. The minimum absolute atomic E-state index is 0.323. The van der Waals surface area contributed by atoms with Gasteiger partial charge in [-0.2, -0.15) is 0 Å². The first-order valence-corrected chi connectivity index (χ1v) is 4.78. The number of para-hydroxylation sites is 1. The number of anilines is 1. The molecule has 0 aliphatic heterocycles. The average Bonchev–Trinajstić information content (AvgIpc) is 2.31. The molecule has 1 rings (SSSR count). The van der Waals surface area contributed by atoms with Crippen molar-refractivity contribution in [1.29, 1.82) is 0 Å². The van der Waals surface area contributed by atoms with Crippen LogP contribution in [0.15, 0.2) is 30.3 Å². The van der Waals surface area contributed by atoms with E-state index < -0.39 is 11.9 Å². The van der Waals surface area contributed by atoms with Gasteiger partial charge in [0.2, 0.25) is 0 Å². The summed E-state index contributed by atoms with van der Waals surface area (Å²) >= 11 is 0. The van der Waals surface area contributed by atoms with Gasteiger partial charge in [0, 0.05) is 12.8 Å². The number of hydrogen-bond donors (Lipinski definition) is 3. The molecular weight excluding hydrogens is 226 g/mol. The molecule has 1 aromatic carbocycles. The highest BCUT2D eigenvalue weighted by Gasteiger charge is 2.13. The summed E-state index contributed by atoms with van der Waals surface area (Å²) in [7, 11) is 1.00. The number of aliphatic carboxylic acids is 2. The Labute approximate surface area is 98.7 Å². The van der Waals surface area contributed by atoms with Gasteiger partial charge in [-0.05, 0) is 12.1 Å². The van der Waals surface area contributed by atoms with Crippen LogP contribution in [0.25, 0.3) is 0 Å². The number of carboxylic acid groups (broad SMARTS) is 2. The number of hydrogen-bond acceptors (Lipinski definition) is 4. The molecule has 6 nitrogen and oxygen atoms in total. The standard InChI is InChI=1S/C10H11NO4.CH4O/c12-9(13)6-11(7-10(14)15)8-4-2-1-3-5-8;1-2/h1-5H,6-7H2,(H,12,13)(H,14,15);2H,1H3. The minimum atomic E-state index is -1.06. The summed E-state index contributed by atoms with van der Waals surface area (Å²) in [6.07, 6.45) is 0. The van der Waals surface area contributed by atoms with Crippen molar-refractivity contribution in [1.82, 2.24) is 0 Å². The van der Waals surface area contributed by atoms with Gasteiger partial charge in [-0.25, -0.2) is 0 Å². The molecule has 0 aromatic heterocycles. The van der Waals surface area contributed by atoms with Crippen LogP contribution in [0.1, 0.15) is 0 Å². The summed E-state index contributed by atoms with van der Waals surface area (Å²) in [6, 6.07) is 8.58. The lowest BCUT2D eigenvalue weighted by Crippen LogP contribution is -2.34. The molecule has 0 atom stereocenters. The third kappa shape index (κ3) is 6.16. The Bertz CT molecular complexity index is 336. The molecule has 1 aromatic rings. The minimum Gasteiger partial charge on any atom is -0.480 e. The normalized spacial score (nSPS) is 8.82. The van der Waals surface area contributed by atoms with E-state index in [2.05, 4.69) is 0 Å². The zero-order valence-electron chi connectivity index (χ0n) is 9.41. The van der Waals surface area contributed by atoms with Crippen molar-refractivity contribution >= 4 is 17.6 Å². The van der Waals surface area contributed by atoms with Crippen molar-refractivity contribution in [3.05, 3.63) is 30.3 Å². The van der Waals surface area contributed by atoms with Crippen molar-refractivity contribution in [3.8, 4) is 0 Å². The summed E-state index contributed by atoms with van der Waals surface area (Å²) in [5.41, 5.74) is 0.585. The van der Waals surface area contributed by atoms with Crippen LogP contribution in [0.2, 0.25) is 0 Å². The molecule has 0 radical (unpaired) electrons. The average molecular weight is 241 g/mol. The summed E-state index contributed by atoms with van der Waals surface area (Å²) in [5, 5.41) is 24.2. The van der Waals surface area contributed by atoms with Gasteiger partial charge in [0.05, 0.1) is 0 Å². The van der Waals surface area contributed by atoms with E-state index in [9.17, 15) is 9.59 Å². The lowest BCUT2D eigenvalue weighted by Gasteiger charge is -2.20. The zero-order valence-corrected chi connectivity index (χ0v) is 9.41. The number of nitrogens with zero attached hydrogens (tertiary/aromatic N) is 1. The van der Waals surface area contributed by atoms with Gasteiger partial charge < -0.3 is 20.2 Å². The molecule has 6 heteroatoms. The van der Waals surface area contributed by atoms with Crippen molar-refractivity contribution in [2.24, 2.45) is 0 Å². The first-order valence-electron chi connectivity index (χ1n) is 4.78. The Balaban J connectivity index is 0.00000121. The van der Waals surface area contributed by atoms with Crippen LogP contribution in [0.3, 0.4) is 0 Å². The third-order valence-corrected chi connectivity index (χ3v) is 1.77. The summed E-state index contributed by atoms with van der Waals surface area (Å²) in [4.78, 5) is 22.3. The Hall–Kier alpha value is -2.08. The Morgan fingerprint density at radius 2 is 1.41 bits per heavy atom. The monoisotopic (exact) mass is 241 g/mol. The van der Waals surface area contributed by atoms with Gasteiger partial charge in [-0.3, -0.25) is 9.59 Å². The lowest BCUT2D eigenvalue weighted by atomic mass is 10.3. The number of carboxylic acids is 2. The van der Waals surface area contributed by atoms with Crippen LogP contribution >= 0.6 is 0 Å². The van der Waals surface area contributed by atoms with Gasteiger partial charge in [0.15, 0.2) is 0 Å². The van der Waals surface area contributed by atoms with E-state index in [-0.39, 0.29) is 13.1 Å². The van der Waals surface area contributed by atoms with E-state index >= 15 is 0 Å². The van der Waals surface area contributed by atoms with Crippen molar-refractivity contribution in [2.75, 3.05) is 25.1 Å². The predicted octanol–water partition coefficient (Wildman–Crippen LogP) is 0.271. The lowest BCUT2D eigenvalue weighted by molar-refractivity contribution is -0.136. The van der Waals surface area contributed by atoms with E-state index in [4.69, 9.17) is 15.3 Å². The van der Waals surface area contributed by atoms with E-state index in [1.807, 2.05) is 0 Å². The highest BCUT2D eigenvalue weighted by molar-refractivity contribution is 5.79. The first-order chi connectivity index (χ1) is 8.09. The maximum Gasteiger partial charge on any atom is 0.323 e. The maximum absolute atomic E-state index is 10.5. The molecule has 17 heavy (non-hydrogen) atoms. The fourth-order valence-corrected chi connectivity index (χ4v) is 1.20. The number of aliphatic hydroxyl groups excluding tert-OH is 1. The second-order valence-electron chi connectivity index (χ2n) is 2.98. The fourth-order valence-electron chi connectivity index (χ4n) is 1.20. The molecule has 0 unspecified atom stereocenters. The van der Waals surface area contributed by atoms with Gasteiger partial charge in [0.1, 0.15) is 13.1 Å². The molecule has 0 saturated carbocycles. The first kappa shape index (κ1) is 14.9. The van der Waals surface area contributed by atoms with Gasteiger partial charge in [-0.1, -0.05) is 18.2 Å². The second kappa shape index (κ2) is 8.12. The Kier molecular flexibility index (Phi) is 7.12. The molecule has 0 fully saturated rings. The van der Waals surface area contributed by atoms with Crippen molar-refractivity contribution in [2.45, 2.75) is 0 Å². The number of aliphatic hydroxyl groups is 1. The molecule has 0 bridgehead atoms. The SMILES string of the molecule is CO.O=C(O)CN(CC(=O)O)c1ccccc1. The summed E-state index contributed by atoms with van der Waals surface area (Å²) < 4.78 is 0. The Morgan fingerprint density at radius 3 is 1.76 bits per heavy atom. The fraction of sp³-hybridized carbons (Fsp3) is 0.273. The van der Waals surface area contributed by atoms with Crippen molar-refractivity contribution < 1.29 is 24.9 Å². The Morgan fingerprint density at radius 1 is 1.00 bits per heavy atom. The molecule has 0 saturated heterocycles. The molecule has 3 N–H and O–H groups in total. The highest BCUT2D eigenvalue weighted by atomic mass is 16.4. The van der Waals surface area contributed by atoms with Crippen LogP contribution in [-0.4, -0.2) is 47.5 Å². The largest absolute Gasteiger partial charge is 0.480 e. The predicted molar refractivity (Wildman–Crippen MR) is 62.1 cm³/mol. The number of carbonyl (C=O) groups is 2. The number of benzene rings is 1. The molecule has 0 aliphatic carbocycles. The van der Waals surface area contributed by atoms with Crippen molar-refractivity contribution in [3.63, 3.8) is 0 Å². The molecule has 0 spiro atoms. The molecule has 0 aliphatic rings. The zero-order chi connectivity index (χ0) is 13.3. The third-order valence-electron chi connectivity index (χ3n) is 1.77. The smallest absolute Gasteiger partial charge is 0.323 e. The van der Waals surface area contributed by atoms with Crippen LogP contribution in [0.5, 0.6) is 0 Å². The van der Waals surface area contributed by atoms with E-state index in [1.54, 1.807) is 30.3 Å². The van der Waals surface area contributed by atoms with Crippen LogP contribution < -0.4 is 4.90 Å². The number of rotatable bonds is 5. The summed E-state index contributed by atoms with van der Waals surface area (Å²) in [5.74, 6) is -2.11. The molecule has 94 valence electrons. The van der Waals surface area contributed by atoms with E-state index in [1.165, 1.54) is 4.90 Å². The van der Waals surface area contributed by atoms with Gasteiger partial charge in [0.25, 0.3) is 0 Å². The quantitative estimate of drug-likeness (QED) is 0.684. The van der Waals surface area contributed by atoms with E-state index in [0.717, 1.165) is 7.11 Å². The van der Waals surface area contributed by atoms with Gasteiger partial charge >= 0.3 is 11.9 Å². The maximum atomic E-state index is 10.5. The highest BCUT2D eigenvalue weighted by Crippen LogP contribution is 2.12. The topological polar surface area (TPSA) is 98.1 Å². The van der Waals surface area contributed by atoms with Gasteiger partial charge in [-0.15, -0.1) is 0 Å². The van der Waals surface area contributed by atoms with Crippen LogP contribution in [0, 0.1) is 0 Å². The molecule has 0 heterocycles. The van der Waals surface area contributed by atoms with E-state index in [0.29, 0.717) is 5.69 Å². The molecular formula is C11H15NO5.